The fourth-order valence-electron chi connectivity index (χ4n) is 3.29. The minimum Gasteiger partial charge on any atom is -0.481 e. The van der Waals surface area contributed by atoms with Gasteiger partial charge in [-0.3, -0.25) is 4.79 Å². The Labute approximate surface area is 165 Å². The van der Waals surface area contributed by atoms with Gasteiger partial charge in [0.25, 0.3) is 0 Å². The molecular formula is C19H18BrClN2O3. The summed E-state index contributed by atoms with van der Waals surface area (Å²) in [5, 5.41) is 12.7. The predicted molar refractivity (Wildman–Crippen MR) is 103 cm³/mol. The number of hydrogen-bond acceptors (Lipinski definition) is 2. The summed E-state index contributed by atoms with van der Waals surface area (Å²) in [4.78, 5) is 25.6. The van der Waals surface area contributed by atoms with Gasteiger partial charge in [-0.1, -0.05) is 51.8 Å². The van der Waals surface area contributed by atoms with Crippen molar-refractivity contribution < 1.29 is 14.7 Å². The number of aliphatic carboxylic acids is 1. The molecule has 3 rings (SSSR count). The van der Waals surface area contributed by atoms with Crippen molar-refractivity contribution in [3.8, 4) is 0 Å². The molecule has 1 saturated heterocycles. The van der Waals surface area contributed by atoms with Crippen LogP contribution in [-0.4, -0.2) is 28.6 Å². The number of carboxylic acid groups (broad SMARTS) is 1. The molecule has 0 saturated carbocycles. The van der Waals surface area contributed by atoms with Gasteiger partial charge >= 0.3 is 12.0 Å². The zero-order chi connectivity index (χ0) is 18.7. The van der Waals surface area contributed by atoms with Crippen LogP contribution < -0.4 is 5.32 Å². The highest BCUT2D eigenvalue weighted by molar-refractivity contribution is 9.10. The van der Waals surface area contributed by atoms with E-state index in [4.69, 9.17) is 11.6 Å². The first-order valence-electron chi connectivity index (χ1n) is 8.20. The molecule has 0 spiro atoms. The summed E-state index contributed by atoms with van der Waals surface area (Å²) in [5.74, 6) is -1.10. The van der Waals surface area contributed by atoms with Crippen LogP contribution in [0.2, 0.25) is 5.02 Å². The number of hydrogen-bond donors (Lipinski definition) is 2. The summed E-state index contributed by atoms with van der Waals surface area (Å²) in [6, 6.07) is 14.4. The average molecular weight is 438 g/mol. The topological polar surface area (TPSA) is 69.6 Å². The highest BCUT2D eigenvalue weighted by Gasteiger charge is 2.37. The first kappa shape index (κ1) is 18.7. The third-order valence-corrected chi connectivity index (χ3v) is 5.25. The Morgan fingerprint density at radius 2 is 1.85 bits per heavy atom. The summed E-state index contributed by atoms with van der Waals surface area (Å²) < 4.78 is 0.931. The van der Waals surface area contributed by atoms with Crippen LogP contribution in [0.15, 0.2) is 53.0 Å². The van der Waals surface area contributed by atoms with Crippen molar-refractivity contribution in [3.63, 3.8) is 0 Å². The summed E-state index contributed by atoms with van der Waals surface area (Å²) >= 11 is 9.35. The molecular weight excluding hydrogens is 420 g/mol. The molecule has 0 radical (unpaired) electrons. The molecule has 2 aromatic rings. The zero-order valence-electron chi connectivity index (χ0n) is 13.9. The molecule has 2 N–H and O–H groups in total. The first-order valence-corrected chi connectivity index (χ1v) is 9.37. The Morgan fingerprint density at radius 1 is 1.19 bits per heavy atom. The second kappa shape index (κ2) is 8.10. The van der Waals surface area contributed by atoms with E-state index in [1.165, 1.54) is 0 Å². The van der Waals surface area contributed by atoms with Crippen molar-refractivity contribution in [1.82, 2.24) is 10.2 Å². The minimum atomic E-state index is -0.875. The van der Waals surface area contributed by atoms with E-state index in [1.54, 1.807) is 17.0 Å². The van der Waals surface area contributed by atoms with Gasteiger partial charge < -0.3 is 15.3 Å². The van der Waals surface area contributed by atoms with Crippen molar-refractivity contribution in [2.75, 3.05) is 6.54 Å². The smallest absolute Gasteiger partial charge is 0.318 e. The standard InChI is InChI=1S/C19H18BrClN2O3/c20-15-5-3-13(4-6-15)18-14(9-17(24)25)10-22-19(26)23(18)11-12-1-7-16(21)8-2-12/h1-8,14,18H,9-11H2,(H,22,26)(H,24,25). The van der Waals surface area contributed by atoms with Crippen LogP contribution in [0.4, 0.5) is 4.79 Å². The van der Waals surface area contributed by atoms with Crippen molar-refractivity contribution in [1.29, 1.82) is 0 Å². The lowest BCUT2D eigenvalue weighted by Gasteiger charge is -2.41. The molecule has 26 heavy (non-hydrogen) atoms. The highest BCUT2D eigenvalue weighted by atomic mass is 79.9. The molecule has 1 fully saturated rings. The fraction of sp³-hybridized carbons (Fsp3) is 0.263. The number of carbonyl (C=O) groups is 2. The first-order chi connectivity index (χ1) is 12.4. The van der Waals surface area contributed by atoms with Gasteiger partial charge in [0, 0.05) is 28.5 Å². The highest BCUT2D eigenvalue weighted by Crippen LogP contribution is 2.35. The van der Waals surface area contributed by atoms with Crippen molar-refractivity contribution in [2.24, 2.45) is 5.92 Å². The summed E-state index contributed by atoms with van der Waals surface area (Å²) in [6.07, 6.45) is -0.0157. The molecule has 2 aromatic carbocycles. The monoisotopic (exact) mass is 436 g/mol. The molecule has 1 heterocycles. The Hall–Kier alpha value is -2.05. The van der Waals surface area contributed by atoms with Crippen molar-refractivity contribution >= 4 is 39.5 Å². The lowest BCUT2D eigenvalue weighted by atomic mass is 9.87. The number of nitrogens with one attached hydrogen (secondary N) is 1. The van der Waals surface area contributed by atoms with Gasteiger partial charge in [0.15, 0.2) is 0 Å². The lowest BCUT2D eigenvalue weighted by molar-refractivity contribution is -0.138. The van der Waals surface area contributed by atoms with E-state index in [0.29, 0.717) is 18.1 Å². The molecule has 136 valence electrons. The Balaban J connectivity index is 1.95. The van der Waals surface area contributed by atoms with Gasteiger partial charge in [0.1, 0.15) is 0 Å². The van der Waals surface area contributed by atoms with E-state index in [0.717, 1.165) is 15.6 Å². The van der Waals surface area contributed by atoms with Crippen LogP contribution in [0.3, 0.4) is 0 Å². The molecule has 1 aliphatic heterocycles. The largest absolute Gasteiger partial charge is 0.481 e. The van der Waals surface area contributed by atoms with E-state index in [9.17, 15) is 14.7 Å². The van der Waals surface area contributed by atoms with Gasteiger partial charge in [-0.2, -0.15) is 0 Å². The zero-order valence-corrected chi connectivity index (χ0v) is 16.2. The van der Waals surface area contributed by atoms with Crippen molar-refractivity contribution in [3.05, 3.63) is 69.2 Å². The third kappa shape index (κ3) is 4.37. The molecule has 5 nitrogen and oxygen atoms in total. The summed E-state index contributed by atoms with van der Waals surface area (Å²) in [7, 11) is 0. The molecule has 2 amide bonds. The van der Waals surface area contributed by atoms with Gasteiger partial charge in [0.05, 0.1) is 12.5 Å². The fourth-order valence-corrected chi connectivity index (χ4v) is 3.68. The Bertz CT molecular complexity index is 795. The molecule has 7 heteroatoms. The number of benzene rings is 2. The maximum Gasteiger partial charge on any atom is 0.318 e. The number of carbonyl (C=O) groups excluding carboxylic acids is 1. The van der Waals surface area contributed by atoms with E-state index < -0.39 is 5.97 Å². The number of nitrogens with zero attached hydrogens (tertiary/aromatic N) is 1. The summed E-state index contributed by atoms with van der Waals surface area (Å²) in [5.41, 5.74) is 1.85. The predicted octanol–water partition coefficient (Wildman–Crippen LogP) is 4.46. The molecule has 1 aliphatic rings. The van der Waals surface area contributed by atoms with Crippen LogP contribution in [-0.2, 0) is 11.3 Å². The van der Waals surface area contributed by atoms with E-state index >= 15 is 0 Å². The maximum atomic E-state index is 12.6. The molecule has 2 unspecified atom stereocenters. The van der Waals surface area contributed by atoms with E-state index in [-0.39, 0.29) is 24.4 Å². The Kier molecular flexibility index (Phi) is 5.84. The number of amides is 2. The Morgan fingerprint density at radius 3 is 2.46 bits per heavy atom. The third-order valence-electron chi connectivity index (χ3n) is 4.47. The van der Waals surface area contributed by atoms with Gasteiger partial charge in [0.2, 0.25) is 0 Å². The van der Waals surface area contributed by atoms with Crippen LogP contribution >= 0.6 is 27.5 Å². The molecule has 0 aliphatic carbocycles. The van der Waals surface area contributed by atoms with E-state index in [2.05, 4.69) is 21.2 Å². The molecule has 2 atom stereocenters. The van der Waals surface area contributed by atoms with Crippen LogP contribution in [0.1, 0.15) is 23.6 Å². The van der Waals surface area contributed by atoms with Crippen molar-refractivity contribution in [2.45, 2.75) is 19.0 Å². The van der Waals surface area contributed by atoms with Crippen LogP contribution in [0, 0.1) is 5.92 Å². The van der Waals surface area contributed by atoms with Gasteiger partial charge in [-0.25, -0.2) is 4.79 Å². The average Bonchev–Trinajstić information content (AvgIpc) is 2.60. The van der Waals surface area contributed by atoms with Gasteiger partial charge in [-0.05, 0) is 35.4 Å². The minimum absolute atomic E-state index is 0.0157. The SMILES string of the molecule is O=C(O)CC1CNC(=O)N(Cc2ccc(Cl)cc2)C1c1ccc(Br)cc1. The van der Waals surface area contributed by atoms with E-state index in [1.807, 2.05) is 36.4 Å². The molecule has 0 aromatic heterocycles. The normalized spacial score (nSPS) is 19.9. The maximum absolute atomic E-state index is 12.6. The summed E-state index contributed by atoms with van der Waals surface area (Å²) in [6.45, 7) is 0.711. The van der Waals surface area contributed by atoms with Gasteiger partial charge in [-0.15, -0.1) is 0 Å². The van der Waals surface area contributed by atoms with Crippen LogP contribution in [0.25, 0.3) is 0 Å². The lowest BCUT2D eigenvalue weighted by Crippen LogP contribution is -2.52. The number of rotatable bonds is 5. The molecule has 0 bridgehead atoms. The second-order valence-corrected chi connectivity index (χ2v) is 7.65. The number of urea groups is 1. The quantitative estimate of drug-likeness (QED) is 0.725. The number of halogens is 2. The number of carboxylic acids is 1. The van der Waals surface area contributed by atoms with Crippen LogP contribution in [0.5, 0.6) is 0 Å². The second-order valence-electron chi connectivity index (χ2n) is 6.29.